The average molecular weight is 548 g/mol. The van der Waals surface area contributed by atoms with E-state index in [4.69, 9.17) is 4.55 Å². The Kier molecular flexibility index (Phi) is 7.19. The smallest absolute Gasteiger partial charge is 0.377 e. The minimum atomic E-state index is -7.20. The zero-order chi connectivity index (χ0) is 27.2. The summed E-state index contributed by atoms with van der Waals surface area (Å²) in [5.41, 5.74) is -0.187. The zero-order valence-electron chi connectivity index (χ0n) is 17.3. The van der Waals surface area contributed by atoms with Crippen LogP contribution in [0.25, 0.3) is 10.8 Å². The van der Waals surface area contributed by atoms with E-state index in [9.17, 15) is 52.8 Å². The third-order valence-corrected chi connectivity index (χ3v) is 6.74. The molecule has 0 amide bonds. The summed E-state index contributed by atoms with van der Waals surface area (Å²) in [6, 6.07) is 6.02. The first-order valence-electron chi connectivity index (χ1n) is 8.97. The van der Waals surface area contributed by atoms with Gasteiger partial charge in [-0.2, -0.15) is 43.2 Å². The molecule has 2 aromatic rings. The highest BCUT2D eigenvalue weighted by Gasteiger charge is 2.83. The van der Waals surface area contributed by atoms with E-state index in [1.54, 1.807) is 0 Å². The summed E-state index contributed by atoms with van der Waals surface area (Å²) in [6.07, 6.45) is -0.674. The van der Waals surface area contributed by atoms with Crippen LogP contribution < -0.4 is 4.18 Å². The molecule has 1 N–H and O–H groups in total. The molecular weight excluding hydrogens is 534 g/mol. The Morgan fingerprint density at radius 2 is 1.43 bits per heavy atom. The molecule has 0 bridgehead atoms. The lowest BCUT2D eigenvalue weighted by molar-refractivity contribution is -0.247. The number of carbonyl (C=O) groups is 2. The van der Waals surface area contributed by atoms with Crippen molar-refractivity contribution in [1.29, 1.82) is 0 Å². The maximum Gasteiger partial charge on any atom is 0.450 e. The second-order valence-corrected chi connectivity index (χ2v) is 10.1. The second kappa shape index (κ2) is 8.91. The summed E-state index contributed by atoms with van der Waals surface area (Å²) >= 11 is 0. The lowest BCUT2D eigenvalue weighted by Crippen LogP contribution is -2.61. The summed E-state index contributed by atoms with van der Waals surface area (Å²) < 4.78 is 140. The second-order valence-electron chi connectivity index (χ2n) is 7.08. The molecule has 0 heterocycles. The van der Waals surface area contributed by atoms with Gasteiger partial charge >= 0.3 is 36.7 Å². The van der Waals surface area contributed by atoms with E-state index in [2.05, 4.69) is 10.8 Å². The Labute approximate surface area is 194 Å². The van der Waals surface area contributed by atoms with Crippen LogP contribution in [-0.2, 0) is 25.0 Å². The van der Waals surface area contributed by atoms with E-state index in [1.807, 2.05) is 0 Å². The summed E-state index contributed by atoms with van der Waals surface area (Å²) in [7, 11) is -14.3. The van der Waals surface area contributed by atoms with Crippen molar-refractivity contribution in [1.82, 2.24) is 0 Å². The number of ketones is 2. The van der Waals surface area contributed by atoms with Crippen molar-refractivity contribution in [2.75, 3.05) is 0 Å². The van der Waals surface area contributed by atoms with Gasteiger partial charge in [0.2, 0.25) is 0 Å². The minimum Gasteiger partial charge on any atom is -0.377 e. The number of carbonyl (C=O) groups excluding carboxylic acids is 2. The molecule has 0 saturated heterocycles. The fourth-order valence-electron chi connectivity index (χ4n) is 2.64. The molecule has 0 atom stereocenters. The highest BCUT2D eigenvalue weighted by Crippen LogP contribution is 2.51. The fraction of sp³-hybridized carbons (Fsp3) is 0.263. The number of rotatable bonds is 10. The van der Waals surface area contributed by atoms with Crippen LogP contribution in [0.5, 0.6) is 5.75 Å². The van der Waals surface area contributed by atoms with Crippen LogP contribution >= 0.6 is 0 Å². The molecule has 0 fully saturated rings. The van der Waals surface area contributed by atoms with E-state index in [1.165, 1.54) is 19.1 Å². The van der Waals surface area contributed by atoms with Gasteiger partial charge in [-0.1, -0.05) is 30.8 Å². The largest absolute Gasteiger partial charge is 0.450 e. The molecule has 0 spiro atoms. The summed E-state index contributed by atoms with van der Waals surface area (Å²) in [4.78, 5) is 24.2. The summed E-state index contributed by atoms with van der Waals surface area (Å²) in [5.74, 6) is -9.76. The number of fused-ring (bicyclic) bond motifs is 1. The predicted molar refractivity (Wildman–Crippen MR) is 109 cm³/mol. The SMILES string of the molecule is C=C(C)C(=O)CC(=O)c1ccc(OS(=O)(=O)C(F)(F)C(F)(F)C(F)(F)S(=O)(=O)O)c2ccccc12. The Morgan fingerprint density at radius 1 is 0.914 bits per heavy atom. The van der Waals surface area contributed by atoms with Gasteiger partial charge in [-0.15, -0.1) is 0 Å². The first-order valence-corrected chi connectivity index (χ1v) is 11.8. The zero-order valence-corrected chi connectivity index (χ0v) is 18.9. The van der Waals surface area contributed by atoms with Gasteiger partial charge in [0.15, 0.2) is 17.3 Å². The maximum absolute atomic E-state index is 14.1. The number of halogens is 6. The van der Waals surface area contributed by atoms with E-state index >= 15 is 0 Å². The average Bonchev–Trinajstić information content (AvgIpc) is 2.72. The molecule has 16 heteroatoms. The molecule has 0 radical (unpaired) electrons. The maximum atomic E-state index is 14.1. The lowest BCUT2D eigenvalue weighted by atomic mass is 9.97. The molecule has 0 aliphatic carbocycles. The molecule has 2 rings (SSSR count). The van der Waals surface area contributed by atoms with Crippen molar-refractivity contribution in [3.63, 3.8) is 0 Å². The van der Waals surface area contributed by atoms with Crippen molar-refractivity contribution in [2.45, 2.75) is 29.8 Å². The van der Waals surface area contributed by atoms with Gasteiger partial charge in [0.05, 0.1) is 6.42 Å². The molecule has 192 valence electrons. The molecule has 0 aliphatic rings. The Bertz CT molecular complexity index is 1430. The lowest BCUT2D eigenvalue weighted by Gasteiger charge is -2.29. The van der Waals surface area contributed by atoms with Crippen LogP contribution in [0.1, 0.15) is 23.7 Å². The third kappa shape index (κ3) is 4.77. The van der Waals surface area contributed by atoms with Crippen molar-refractivity contribution >= 4 is 42.6 Å². The van der Waals surface area contributed by atoms with Gasteiger partial charge in [-0.25, -0.2) is 0 Å². The molecule has 8 nitrogen and oxygen atoms in total. The monoisotopic (exact) mass is 548 g/mol. The van der Waals surface area contributed by atoms with Crippen LogP contribution in [0, 0.1) is 0 Å². The minimum absolute atomic E-state index is 0.0403. The topological polar surface area (TPSA) is 132 Å². The van der Waals surface area contributed by atoms with Crippen molar-refractivity contribution < 1.29 is 61.5 Å². The van der Waals surface area contributed by atoms with Crippen LogP contribution in [0.15, 0.2) is 48.6 Å². The fourth-order valence-corrected chi connectivity index (χ4v) is 4.08. The molecule has 0 aromatic heterocycles. The van der Waals surface area contributed by atoms with E-state index in [0.717, 1.165) is 18.2 Å². The number of allylic oxidation sites excluding steroid dienone is 1. The first kappa shape index (κ1) is 28.3. The Morgan fingerprint density at radius 3 is 1.91 bits per heavy atom. The van der Waals surface area contributed by atoms with Crippen LogP contribution in [0.2, 0.25) is 0 Å². The quantitative estimate of drug-likeness (QED) is 0.118. The van der Waals surface area contributed by atoms with E-state index in [0.29, 0.717) is 6.07 Å². The number of hydrogen-bond donors (Lipinski definition) is 1. The predicted octanol–water partition coefficient (Wildman–Crippen LogP) is 3.98. The number of benzene rings is 2. The van der Waals surface area contributed by atoms with Gasteiger partial charge < -0.3 is 4.18 Å². The third-order valence-electron chi connectivity index (χ3n) is 4.55. The standard InChI is InChI=1S/C19H14F6O8S2/c1-10(2)14(26)9-15(27)12-7-8-16(13-6-4-3-5-11(12)13)33-35(31,32)19(24,25)17(20,21)18(22,23)34(28,29)30/h3-8H,1,9H2,2H3,(H,28,29,30). The molecule has 0 saturated carbocycles. The van der Waals surface area contributed by atoms with Crippen LogP contribution in [0.3, 0.4) is 0 Å². The van der Waals surface area contributed by atoms with Crippen molar-refractivity contribution in [3.05, 3.63) is 54.1 Å². The molecular formula is C19H14F6O8S2. The number of alkyl halides is 6. The van der Waals surface area contributed by atoms with Crippen LogP contribution in [0.4, 0.5) is 26.3 Å². The number of Topliss-reactive ketones (excluding diaryl/α,β-unsaturated/α-hetero) is 2. The molecule has 0 unspecified atom stereocenters. The molecule has 0 aliphatic heterocycles. The van der Waals surface area contributed by atoms with Crippen LogP contribution in [-0.4, -0.2) is 49.4 Å². The molecule has 35 heavy (non-hydrogen) atoms. The van der Waals surface area contributed by atoms with Gasteiger partial charge in [0.25, 0.3) is 0 Å². The van der Waals surface area contributed by atoms with Crippen molar-refractivity contribution in [2.24, 2.45) is 0 Å². The normalized spacial score (nSPS) is 13.5. The van der Waals surface area contributed by atoms with Gasteiger partial charge in [0, 0.05) is 10.9 Å². The summed E-state index contributed by atoms with van der Waals surface area (Å²) in [5, 5.41) is -14.4. The van der Waals surface area contributed by atoms with E-state index in [-0.39, 0.29) is 16.5 Å². The Balaban J connectivity index is 2.59. The van der Waals surface area contributed by atoms with Gasteiger partial charge in [0.1, 0.15) is 0 Å². The highest BCUT2D eigenvalue weighted by atomic mass is 32.2. The van der Waals surface area contributed by atoms with Gasteiger partial charge in [-0.05, 0) is 30.0 Å². The van der Waals surface area contributed by atoms with Crippen molar-refractivity contribution in [3.8, 4) is 5.75 Å². The first-order chi connectivity index (χ1) is 15.7. The molecule has 2 aromatic carbocycles. The highest BCUT2D eigenvalue weighted by molar-refractivity contribution is 7.88. The van der Waals surface area contributed by atoms with Gasteiger partial charge in [-0.3, -0.25) is 14.1 Å². The van der Waals surface area contributed by atoms with E-state index < -0.39 is 65.8 Å². The summed E-state index contributed by atoms with van der Waals surface area (Å²) in [6.45, 7) is 4.70. The Hall–Kier alpha value is -2.98. The number of hydrogen-bond acceptors (Lipinski definition) is 7.